The Bertz CT molecular complexity index is 463. The summed E-state index contributed by atoms with van der Waals surface area (Å²) in [4.78, 5) is 13.8. The van der Waals surface area contributed by atoms with Gasteiger partial charge >= 0.3 is 0 Å². The molecule has 0 aromatic carbocycles. The van der Waals surface area contributed by atoms with E-state index in [-0.39, 0.29) is 17.5 Å². The van der Waals surface area contributed by atoms with Gasteiger partial charge in [0.2, 0.25) is 0 Å². The minimum Gasteiger partial charge on any atom is -0.377 e. The summed E-state index contributed by atoms with van der Waals surface area (Å²) in [5, 5.41) is 12.6. The molecule has 1 aromatic rings. The van der Waals surface area contributed by atoms with Crippen LogP contribution in [0.1, 0.15) is 29.1 Å². The number of amides is 1. The summed E-state index contributed by atoms with van der Waals surface area (Å²) in [5.41, 5.74) is 0.278. The van der Waals surface area contributed by atoms with E-state index in [0.29, 0.717) is 25.5 Å². The van der Waals surface area contributed by atoms with Gasteiger partial charge in [-0.2, -0.15) is 5.26 Å². The molecule has 2 heterocycles. The molecule has 0 spiro atoms. The zero-order valence-corrected chi connectivity index (χ0v) is 10.3. The predicted octanol–water partition coefficient (Wildman–Crippen LogP) is 1.20. The van der Waals surface area contributed by atoms with Gasteiger partial charge in [0.1, 0.15) is 6.61 Å². The van der Waals surface area contributed by atoms with E-state index in [9.17, 15) is 4.79 Å². The van der Waals surface area contributed by atoms with E-state index >= 15 is 0 Å². The molecular weight excluding hydrogens is 234 g/mol. The maximum Gasteiger partial charge on any atom is 0.276 e. The lowest BCUT2D eigenvalue weighted by molar-refractivity contribution is 0.0687. The van der Waals surface area contributed by atoms with Crippen molar-refractivity contribution in [2.75, 3.05) is 20.2 Å². The standard InChI is InChI=1S/C12H15N3O3/c1-17-8-10-5-11(14-18-10)12(16)15-4-2-3-9(6-13)7-15/h5,9H,2-4,7-8H2,1H3. The number of piperidine rings is 1. The van der Waals surface area contributed by atoms with Crippen molar-refractivity contribution in [1.29, 1.82) is 5.26 Å². The second-order valence-electron chi connectivity index (χ2n) is 4.33. The molecule has 0 aliphatic carbocycles. The number of carbonyl (C=O) groups is 1. The van der Waals surface area contributed by atoms with E-state index in [2.05, 4.69) is 11.2 Å². The van der Waals surface area contributed by atoms with Crippen LogP contribution in [-0.4, -0.2) is 36.2 Å². The van der Waals surface area contributed by atoms with Gasteiger partial charge in [-0.3, -0.25) is 4.79 Å². The minimum atomic E-state index is -0.180. The van der Waals surface area contributed by atoms with E-state index in [1.165, 1.54) is 0 Å². The molecular formula is C12H15N3O3. The van der Waals surface area contributed by atoms with Crippen LogP contribution in [0.2, 0.25) is 0 Å². The topological polar surface area (TPSA) is 79.4 Å². The highest BCUT2D eigenvalue weighted by Gasteiger charge is 2.26. The molecule has 1 aliphatic heterocycles. The SMILES string of the molecule is COCc1cc(C(=O)N2CCCC(C#N)C2)no1. The first-order valence-electron chi connectivity index (χ1n) is 5.88. The molecule has 1 aromatic heterocycles. The van der Waals surface area contributed by atoms with Crippen LogP contribution in [0.4, 0.5) is 0 Å². The Labute approximate surface area is 105 Å². The van der Waals surface area contributed by atoms with Gasteiger partial charge in [0, 0.05) is 26.3 Å². The molecule has 1 saturated heterocycles. The van der Waals surface area contributed by atoms with Gasteiger partial charge in [-0.05, 0) is 12.8 Å². The van der Waals surface area contributed by atoms with Crippen LogP contribution in [0.5, 0.6) is 0 Å². The van der Waals surface area contributed by atoms with Crippen molar-refractivity contribution in [3.8, 4) is 6.07 Å². The van der Waals surface area contributed by atoms with Crippen molar-refractivity contribution in [1.82, 2.24) is 10.1 Å². The fourth-order valence-electron chi connectivity index (χ4n) is 2.05. The fourth-order valence-corrected chi connectivity index (χ4v) is 2.05. The van der Waals surface area contributed by atoms with Gasteiger partial charge in [-0.25, -0.2) is 0 Å². The number of ether oxygens (including phenoxy) is 1. The summed E-state index contributed by atoms with van der Waals surface area (Å²) in [6, 6.07) is 3.79. The monoisotopic (exact) mass is 249 g/mol. The molecule has 96 valence electrons. The third-order valence-corrected chi connectivity index (χ3v) is 2.96. The van der Waals surface area contributed by atoms with Gasteiger partial charge in [-0.1, -0.05) is 5.16 Å². The summed E-state index contributed by atoms with van der Waals surface area (Å²) in [7, 11) is 1.55. The van der Waals surface area contributed by atoms with Crippen LogP contribution < -0.4 is 0 Å². The summed E-state index contributed by atoms with van der Waals surface area (Å²) in [6.45, 7) is 1.44. The Balaban J connectivity index is 2.03. The zero-order valence-electron chi connectivity index (χ0n) is 10.3. The average Bonchev–Trinajstić information content (AvgIpc) is 2.87. The minimum absolute atomic E-state index is 0.0759. The second kappa shape index (κ2) is 5.65. The summed E-state index contributed by atoms with van der Waals surface area (Å²) in [5.74, 6) is 0.267. The summed E-state index contributed by atoms with van der Waals surface area (Å²) < 4.78 is 9.88. The molecule has 1 amide bonds. The molecule has 6 nitrogen and oxygen atoms in total. The molecule has 2 rings (SSSR count). The highest BCUT2D eigenvalue weighted by molar-refractivity contribution is 5.92. The molecule has 0 N–H and O–H groups in total. The Morgan fingerprint density at radius 3 is 3.33 bits per heavy atom. The first-order valence-corrected chi connectivity index (χ1v) is 5.88. The van der Waals surface area contributed by atoms with Crippen LogP contribution in [-0.2, 0) is 11.3 Å². The highest BCUT2D eigenvalue weighted by atomic mass is 16.5. The number of likely N-dealkylation sites (tertiary alicyclic amines) is 1. The van der Waals surface area contributed by atoms with Crippen molar-refractivity contribution in [2.24, 2.45) is 5.92 Å². The Morgan fingerprint density at radius 2 is 2.61 bits per heavy atom. The maximum atomic E-state index is 12.1. The lowest BCUT2D eigenvalue weighted by Crippen LogP contribution is -2.39. The van der Waals surface area contributed by atoms with Crippen LogP contribution in [0.15, 0.2) is 10.6 Å². The van der Waals surface area contributed by atoms with Crippen LogP contribution in [0.25, 0.3) is 0 Å². The summed E-state index contributed by atoms with van der Waals surface area (Å²) >= 11 is 0. The van der Waals surface area contributed by atoms with Crippen molar-refractivity contribution < 1.29 is 14.1 Å². The van der Waals surface area contributed by atoms with Crippen LogP contribution in [0, 0.1) is 17.2 Å². The summed E-state index contributed by atoms with van der Waals surface area (Å²) in [6.07, 6.45) is 1.71. The average molecular weight is 249 g/mol. The van der Waals surface area contributed by atoms with Gasteiger partial charge < -0.3 is 14.2 Å². The van der Waals surface area contributed by atoms with Gasteiger partial charge in [0.25, 0.3) is 5.91 Å². The van der Waals surface area contributed by atoms with E-state index < -0.39 is 0 Å². The number of nitrogens with zero attached hydrogens (tertiary/aromatic N) is 3. The largest absolute Gasteiger partial charge is 0.377 e. The van der Waals surface area contributed by atoms with Crippen LogP contribution >= 0.6 is 0 Å². The lowest BCUT2D eigenvalue weighted by atomic mass is 9.99. The van der Waals surface area contributed by atoms with E-state index in [1.807, 2.05) is 0 Å². The molecule has 0 radical (unpaired) electrons. The molecule has 1 atom stereocenters. The number of rotatable bonds is 3. The fraction of sp³-hybridized carbons (Fsp3) is 0.583. The van der Waals surface area contributed by atoms with Crippen LogP contribution in [0.3, 0.4) is 0 Å². The number of carbonyl (C=O) groups excluding carboxylic acids is 1. The number of methoxy groups -OCH3 is 1. The van der Waals surface area contributed by atoms with E-state index in [4.69, 9.17) is 14.5 Å². The third kappa shape index (κ3) is 2.68. The molecule has 0 bridgehead atoms. The molecule has 1 aliphatic rings. The Kier molecular flexibility index (Phi) is 3.95. The van der Waals surface area contributed by atoms with Crippen molar-refractivity contribution in [3.05, 3.63) is 17.5 Å². The maximum absolute atomic E-state index is 12.1. The lowest BCUT2D eigenvalue weighted by Gasteiger charge is -2.28. The zero-order chi connectivity index (χ0) is 13.0. The predicted molar refractivity (Wildman–Crippen MR) is 61.5 cm³/mol. The normalized spacial score (nSPS) is 19.6. The quantitative estimate of drug-likeness (QED) is 0.804. The van der Waals surface area contributed by atoms with E-state index in [1.54, 1.807) is 18.1 Å². The molecule has 1 fully saturated rings. The van der Waals surface area contributed by atoms with Crippen molar-refractivity contribution in [2.45, 2.75) is 19.4 Å². The molecule has 1 unspecified atom stereocenters. The third-order valence-electron chi connectivity index (χ3n) is 2.96. The number of aromatic nitrogens is 1. The van der Waals surface area contributed by atoms with Gasteiger partial charge in [0.15, 0.2) is 11.5 Å². The van der Waals surface area contributed by atoms with Crippen molar-refractivity contribution in [3.63, 3.8) is 0 Å². The first-order chi connectivity index (χ1) is 8.74. The Morgan fingerprint density at radius 1 is 1.78 bits per heavy atom. The smallest absolute Gasteiger partial charge is 0.276 e. The Hall–Kier alpha value is -1.87. The van der Waals surface area contributed by atoms with Crippen molar-refractivity contribution >= 4 is 5.91 Å². The van der Waals surface area contributed by atoms with E-state index in [0.717, 1.165) is 12.8 Å². The molecule has 6 heteroatoms. The van der Waals surface area contributed by atoms with Gasteiger partial charge in [0.05, 0.1) is 12.0 Å². The number of hydrogen-bond donors (Lipinski definition) is 0. The first kappa shape index (κ1) is 12.6. The number of nitriles is 1. The van der Waals surface area contributed by atoms with Gasteiger partial charge in [-0.15, -0.1) is 0 Å². The molecule has 18 heavy (non-hydrogen) atoms. The molecule has 0 saturated carbocycles. The highest BCUT2D eigenvalue weighted by Crippen LogP contribution is 2.18. The number of hydrogen-bond acceptors (Lipinski definition) is 5. The second-order valence-corrected chi connectivity index (χ2v) is 4.33.